The van der Waals surface area contributed by atoms with Gasteiger partial charge in [0.25, 0.3) is 0 Å². The molecule has 0 aromatic heterocycles. The Balaban J connectivity index is 2.17. The second-order valence-corrected chi connectivity index (χ2v) is 5.78. The molecule has 3 aromatic rings. The van der Waals surface area contributed by atoms with Crippen LogP contribution in [0.15, 0.2) is 54.6 Å². The van der Waals surface area contributed by atoms with Gasteiger partial charge >= 0.3 is 0 Å². The van der Waals surface area contributed by atoms with Gasteiger partial charge in [0, 0.05) is 23.8 Å². The lowest BCUT2D eigenvalue weighted by atomic mass is 10.0. The summed E-state index contributed by atoms with van der Waals surface area (Å²) in [4.78, 5) is 2.30. The Morgan fingerprint density at radius 2 is 1.33 bits per heavy atom. The van der Waals surface area contributed by atoms with E-state index in [9.17, 15) is 0 Å². The third kappa shape index (κ3) is 2.40. The summed E-state index contributed by atoms with van der Waals surface area (Å²) in [7, 11) is 2.15. The molecule has 1 nitrogen and oxygen atoms in total. The van der Waals surface area contributed by atoms with Crippen molar-refractivity contribution in [2.45, 2.75) is 20.8 Å². The number of rotatable bonds is 2. The zero-order valence-corrected chi connectivity index (χ0v) is 13.1. The van der Waals surface area contributed by atoms with Crippen LogP contribution < -0.4 is 4.90 Å². The van der Waals surface area contributed by atoms with Crippen molar-refractivity contribution in [3.05, 3.63) is 71.3 Å². The van der Waals surface area contributed by atoms with E-state index >= 15 is 0 Å². The molecule has 0 unspecified atom stereocenters. The van der Waals surface area contributed by atoms with E-state index in [-0.39, 0.29) is 0 Å². The van der Waals surface area contributed by atoms with Crippen LogP contribution in [0.3, 0.4) is 0 Å². The van der Waals surface area contributed by atoms with Crippen molar-refractivity contribution in [2.24, 2.45) is 0 Å². The largest absolute Gasteiger partial charge is 0.344 e. The molecule has 106 valence electrons. The number of fused-ring (bicyclic) bond motifs is 1. The minimum absolute atomic E-state index is 1.25. The number of hydrogen-bond donors (Lipinski definition) is 0. The van der Waals surface area contributed by atoms with E-state index in [1.54, 1.807) is 0 Å². The Hall–Kier alpha value is -2.28. The number of anilines is 2. The van der Waals surface area contributed by atoms with Crippen LogP contribution in [-0.4, -0.2) is 7.05 Å². The molecule has 0 aliphatic carbocycles. The maximum absolute atomic E-state index is 2.30. The smallest absolute Gasteiger partial charge is 0.0487 e. The standard InChI is InChI=1S/C20H21N/c1-14-12-16(3)20(13-15(14)2)21(4)19-11-7-9-17-8-5-6-10-18(17)19/h5-13H,1-4H3. The second kappa shape index (κ2) is 5.25. The lowest BCUT2D eigenvalue weighted by Crippen LogP contribution is -2.11. The molecule has 1 heteroatoms. The summed E-state index contributed by atoms with van der Waals surface area (Å²) in [6.07, 6.45) is 0. The van der Waals surface area contributed by atoms with Crippen LogP contribution in [0.2, 0.25) is 0 Å². The lowest BCUT2D eigenvalue weighted by molar-refractivity contribution is 1.17. The van der Waals surface area contributed by atoms with E-state index in [1.807, 2.05) is 0 Å². The van der Waals surface area contributed by atoms with E-state index in [0.29, 0.717) is 0 Å². The quantitative estimate of drug-likeness (QED) is 0.594. The molecule has 0 saturated heterocycles. The summed E-state index contributed by atoms with van der Waals surface area (Å²) in [6, 6.07) is 19.6. The summed E-state index contributed by atoms with van der Waals surface area (Å²) >= 11 is 0. The third-order valence-electron chi connectivity index (χ3n) is 4.30. The first-order valence-electron chi connectivity index (χ1n) is 7.37. The molecule has 0 radical (unpaired) electrons. The van der Waals surface area contributed by atoms with Gasteiger partial charge in [-0.15, -0.1) is 0 Å². The zero-order valence-electron chi connectivity index (χ0n) is 13.1. The fourth-order valence-corrected chi connectivity index (χ4v) is 2.94. The van der Waals surface area contributed by atoms with E-state index in [2.05, 4.69) is 87.3 Å². The molecular formula is C20H21N. The van der Waals surface area contributed by atoms with Crippen molar-refractivity contribution >= 4 is 22.1 Å². The molecule has 0 N–H and O–H groups in total. The highest BCUT2D eigenvalue weighted by Crippen LogP contribution is 2.33. The van der Waals surface area contributed by atoms with Gasteiger partial charge in [-0.05, 0) is 55.0 Å². The van der Waals surface area contributed by atoms with Gasteiger partial charge in [0.2, 0.25) is 0 Å². The predicted octanol–water partition coefficient (Wildman–Crippen LogP) is 5.53. The number of nitrogens with zero attached hydrogens (tertiary/aromatic N) is 1. The SMILES string of the molecule is Cc1cc(C)c(N(C)c2cccc3ccccc23)cc1C. The normalized spacial score (nSPS) is 10.9. The van der Waals surface area contributed by atoms with Crippen molar-refractivity contribution in [3.63, 3.8) is 0 Å². The van der Waals surface area contributed by atoms with E-state index in [1.165, 1.54) is 38.8 Å². The first-order valence-corrected chi connectivity index (χ1v) is 7.37. The van der Waals surface area contributed by atoms with E-state index in [4.69, 9.17) is 0 Å². The van der Waals surface area contributed by atoms with Gasteiger partial charge in [0.1, 0.15) is 0 Å². The molecule has 0 spiro atoms. The highest BCUT2D eigenvalue weighted by atomic mass is 15.1. The summed E-state index contributed by atoms with van der Waals surface area (Å²) < 4.78 is 0. The van der Waals surface area contributed by atoms with Crippen LogP contribution in [0.25, 0.3) is 10.8 Å². The summed E-state index contributed by atoms with van der Waals surface area (Å²) in [5.74, 6) is 0. The average Bonchev–Trinajstić information content (AvgIpc) is 2.49. The van der Waals surface area contributed by atoms with Gasteiger partial charge in [0.15, 0.2) is 0 Å². The monoisotopic (exact) mass is 275 g/mol. The van der Waals surface area contributed by atoms with Gasteiger partial charge in [0.05, 0.1) is 0 Å². The minimum atomic E-state index is 1.25. The Kier molecular flexibility index (Phi) is 3.42. The molecule has 0 bridgehead atoms. The van der Waals surface area contributed by atoms with Gasteiger partial charge in [-0.3, -0.25) is 0 Å². The van der Waals surface area contributed by atoms with Crippen LogP contribution in [0, 0.1) is 20.8 Å². The highest BCUT2D eigenvalue weighted by molar-refractivity contribution is 5.96. The van der Waals surface area contributed by atoms with Crippen molar-refractivity contribution in [1.82, 2.24) is 0 Å². The summed E-state index contributed by atoms with van der Waals surface area (Å²) in [5, 5.41) is 2.57. The van der Waals surface area contributed by atoms with E-state index in [0.717, 1.165) is 0 Å². The molecule has 0 fully saturated rings. The molecule has 0 amide bonds. The van der Waals surface area contributed by atoms with Crippen LogP contribution in [0.1, 0.15) is 16.7 Å². The number of hydrogen-bond acceptors (Lipinski definition) is 1. The van der Waals surface area contributed by atoms with Crippen LogP contribution >= 0.6 is 0 Å². The topological polar surface area (TPSA) is 3.24 Å². The Labute approximate surface area is 126 Å². The summed E-state index contributed by atoms with van der Waals surface area (Å²) in [6.45, 7) is 6.53. The molecule has 0 saturated carbocycles. The van der Waals surface area contributed by atoms with Gasteiger partial charge < -0.3 is 4.90 Å². The predicted molar refractivity (Wildman–Crippen MR) is 92.7 cm³/mol. The van der Waals surface area contributed by atoms with Gasteiger partial charge in [-0.25, -0.2) is 0 Å². The van der Waals surface area contributed by atoms with Crippen LogP contribution in [0.5, 0.6) is 0 Å². The van der Waals surface area contributed by atoms with Gasteiger partial charge in [-0.2, -0.15) is 0 Å². The zero-order chi connectivity index (χ0) is 15.0. The molecule has 0 heterocycles. The number of benzene rings is 3. The molecule has 0 aliphatic heterocycles. The van der Waals surface area contributed by atoms with Crippen molar-refractivity contribution in [3.8, 4) is 0 Å². The Morgan fingerprint density at radius 3 is 2.14 bits per heavy atom. The van der Waals surface area contributed by atoms with Crippen molar-refractivity contribution in [1.29, 1.82) is 0 Å². The number of aryl methyl sites for hydroxylation is 3. The van der Waals surface area contributed by atoms with Crippen LogP contribution in [0.4, 0.5) is 11.4 Å². The molecule has 0 atom stereocenters. The highest BCUT2D eigenvalue weighted by Gasteiger charge is 2.11. The lowest BCUT2D eigenvalue weighted by Gasteiger charge is -2.24. The average molecular weight is 275 g/mol. The molecule has 3 rings (SSSR count). The Bertz CT molecular complexity index is 797. The van der Waals surface area contributed by atoms with Gasteiger partial charge in [-0.1, -0.05) is 42.5 Å². The Morgan fingerprint density at radius 1 is 0.667 bits per heavy atom. The first-order chi connectivity index (χ1) is 10.1. The van der Waals surface area contributed by atoms with Crippen LogP contribution in [-0.2, 0) is 0 Å². The maximum atomic E-state index is 2.30. The summed E-state index contributed by atoms with van der Waals surface area (Å²) in [5.41, 5.74) is 6.52. The molecule has 0 aliphatic rings. The minimum Gasteiger partial charge on any atom is -0.344 e. The maximum Gasteiger partial charge on any atom is 0.0487 e. The third-order valence-corrected chi connectivity index (χ3v) is 4.30. The molecular weight excluding hydrogens is 254 g/mol. The van der Waals surface area contributed by atoms with Crippen molar-refractivity contribution in [2.75, 3.05) is 11.9 Å². The van der Waals surface area contributed by atoms with E-state index < -0.39 is 0 Å². The fraction of sp³-hybridized carbons (Fsp3) is 0.200. The first kappa shape index (κ1) is 13.7. The van der Waals surface area contributed by atoms with Crippen molar-refractivity contribution < 1.29 is 0 Å². The second-order valence-electron chi connectivity index (χ2n) is 5.78. The molecule has 3 aromatic carbocycles. The molecule has 21 heavy (non-hydrogen) atoms. The fourth-order valence-electron chi connectivity index (χ4n) is 2.94.